The van der Waals surface area contributed by atoms with E-state index in [1.807, 2.05) is 0 Å². The minimum atomic E-state index is -0.983. The second-order valence-corrected chi connectivity index (χ2v) is 1.73. The third-order valence-electron chi connectivity index (χ3n) is 0.978. The van der Waals surface area contributed by atoms with Gasteiger partial charge in [-0.05, 0) is 0 Å². The third-order valence-corrected chi connectivity index (χ3v) is 0.978. The molecule has 0 saturated carbocycles. The zero-order valence-corrected chi connectivity index (χ0v) is 5.58. The van der Waals surface area contributed by atoms with Crippen molar-refractivity contribution in [2.45, 2.75) is 6.04 Å². The Morgan fingerprint density at radius 1 is 1.80 bits per heavy atom. The van der Waals surface area contributed by atoms with Crippen LogP contribution in [0.1, 0.15) is 0 Å². The van der Waals surface area contributed by atoms with Gasteiger partial charge < -0.3 is 10.2 Å². The highest BCUT2D eigenvalue weighted by atomic mass is 16.4. The Hall–Kier alpha value is -0.870. The fourth-order valence-corrected chi connectivity index (χ4v) is 0.492. The van der Waals surface area contributed by atoms with Crippen LogP contribution in [-0.2, 0) is 4.79 Å². The van der Waals surface area contributed by atoms with Gasteiger partial charge in [-0.25, -0.2) is 0 Å². The normalized spacial score (nSPS) is 12.5. The van der Waals surface area contributed by atoms with E-state index in [9.17, 15) is 4.79 Å². The first-order valence-corrected chi connectivity index (χ1v) is 2.92. The van der Waals surface area contributed by atoms with Crippen molar-refractivity contribution >= 4 is 5.97 Å². The van der Waals surface area contributed by atoms with E-state index in [-0.39, 0.29) is 13.2 Å². The van der Waals surface area contributed by atoms with Gasteiger partial charge in [-0.1, -0.05) is 6.08 Å². The smallest absolute Gasteiger partial charge is 0.324 e. The van der Waals surface area contributed by atoms with Gasteiger partial charge in [-0.15, -0.1) is 6.58 Å². The molecule has 0 rings (SSSR count). The van der Waals surface area contributed by atoms with Crippen LogP contribution in [0.3, 0.4) is 0 Å². The summed E-state index contributed by atoms with van der Waals surface area (Å²) in [6, 6.07) is -0.757. The summed E-state index contributed by atoms with van der Waals surface area (Å²) in [5.74, 6) is -0.983. The Bertz CT molecular complexity index is 124. The van der Waals surface area contributed by atoms with Crippen LogP contribution in [0.4, 0.5) is 0 Å². The minimum Gasteiger partial charge on any atom is -0.480 e. The highest BCUT2D eigenvalue weighted by molar-refractivity contribution is 5.75. The lowest BCUT2D eigenvalue weighted by molar-refractivity contribution is -0.138. The monoisotopic (exact) mass is 145 g/mol. The van der Waals surface area contributed by atoms with E-state index in [1.165, 1.54) is 6.08 Å². The molecule has 4 heteroatoms. The number of aliphatic carboxylic acids is 1. The van der Waals surface area contributed by atoms with Crippen LogP contribution < -0.4 is 5.32 Å². The molecular formula is C6H11NO3. The first-order valence-electron chi connectivity index (χ1n) is 2.92. The number of carboxylic acids is 1. The zero-order chi connectivity index (χ0) is 7.98. The summed E-state index contributed by atoms with van der Waals surface area (Å²) in [5, 5.41) is 19.2. The SMILES string of the molecule is C=CC(NCCO)C(=O)O. The number of hydrogen-bond donors (Lipinski definition) is 3. The number of aliphatic hydroxyl groups excluding tert-OH is 1. The van der Waals surface area contributed by atoms with Gasteiger partial charge in [0.25, 0.3) is 0 Å². The van der Waals surface area contributed by atoms with Gasteiger partial charge in [0, 0.05) is 6.54 Å². The molecule has 1 atom stereocenters. The maximum Gasteiger partial charge on any atom is 0.324 e. The predicted molar refractivity (Wildman–Crippen MR) is 36.7 cm³/mol. The molecule has 0 bridgehead atoms. The first-order chi connectivity index (χ1) is 4.72. The molecule has 0 spiro atoms. The summed E-state index contributed by atoms with van der Waals surface area (Å²) in [5.41, 5.74) is 0. The van der Waals surface area contributed by atoms with E-state index in [0.717, 1.165) is 0 Å². The van der Waals surface area contributed by atoms with Crippen molar-refractivity contribution in [3.63, 3.8) is 0 Å². The molecule has 58 valence electrons. The zero-order valence-electron chi connectivity index (χ0n) is 5.58. The molecule has 0 saturated heterocycles. The molecule has 0 amide bonds. The van der Waals surface area contributed by atoms with Crippen LogP contribution in [0.25, 0.3) is 0 Å². The average molecular weight is 145 g/mol. The van der Waals surface area contributed by atoms with Crippen molar-refractivity contribution in [2.75, 3.05) is 13.2 Å². The van der Waals surface area contributed by atoms with Crippen LogP contribution >= 0.6 is 0 Å². The van der Waals surface area contributed by atoms with E-state index < -0.39 is 12.0 Å². The number of aliphatic hydroxyl groups is 1. The van der Waals surface area contributed by atoms with Crippen LogP contribution in [0.5, 0.6) is 0 Å². The lowest BCUT2D eigenvalue weighted by atomic mass is 10.3. The van der Waals surface area contributed by atoms with E-state index in [1.54, 1.807) is 0 Å². The van der Waals surface area contributed by atoms with Crippen molar-refractivity contribution in [1.82, 2.24) is 5.32 Å². The highest BCUT2D eigenvalue weighted by Gasteiger charge is 2.09. The van der Waals surface area contributed by atoms with Crippen LogP contribution in [0, 0.1) is 0 Å². The average Bonchev–Trinajstić information content (AvgIpc) is 1.89. The Labute approximate surface area is 59.2 Å². The fraction of sp³-hybridized carbons (Fsp3) is 0.500. The Morgan fingerprint density at radius 2 is 2.40 bits per heavy atom. The quantitative estimate of drug-likeness (QED) is 0.443. The van der Waals surface area contributed by atoms with E-state index >= 15 is 0 Å². The molecule has 0 aliphatic heterocycles. The van der Waals surface area contributed by atoms with Crippen LogP contribution in [-0.4, -0.2) is 35.4 Å². The van der Waals surface area contributed by atoms with Gasteiger partial charge >= 0.3 is 5.97 Å². The molecule has 4 nitrogen and oxygen atoms in total. The second kappa shape index (κ2) is 4.96. The van der Waals surface area contributed by atoms with Crippen molar-refractivity contribution < 1.29 is 15.0 Å². The summed E-state index contributed by atoms with van der Waals surface area (Å²) in [4.78, 5) is 10.2. The molecule has 10 heavy (non-hydrogen) atoms. The number of carbonyl (C=O) groups is 1. The second-order valence-electron chi connectivity index (χ2n) is 1.73. The summed E-state index contributed by atoms with van der Waals surface area (Å²) in [6.07, 6.45) is 1.28. The fourth-order valence-electron chi connectivity index (χ4n) is 0.492. The molecule has 0 heterocycles. The van der Waals surface area contributed by atoms with Gasteiger partial charge in [0.1, 0.15) is 6.04 Å². The minimum absolute atomic E-state index is 0.0718. The molecule has 1 unspecified atom stereocenters. The number of carboxylic acid groups (broad SMARTS) is 1. The molecule has 0 aromatic heterocycles. The van der Waals surface area contributed by atoms with Crippen LogP contribution in [0.2, 0.25) is 0 Å². The van der Waals surface area contributed by atoms with Gasteiger partial charge in [0.05, 0.1) is 6.61 Å². The van der Waals surface area contributed by atoms with Crippen molar-refractivity contribution in [3.05, 3.63) is 12.7 Å². The Balaban J connectivity index is 3.60. The van der Waals surface area contributed by atoms with Gasteiger partial charge in [-0.2, -0.15) is 0 Å². The molecule has 0 aliphatic rings. The molecule has 0 aliphatic carbocycles. The van der Waals surface area contributed by atoms with Gasteiger partial charge in [-0.3, -0.25) is 10.1 Å². The lowest BCUT2D eigenvalue weighted by Gasteiger charge is -2.06. The summed E-state index contributed by atoms with van der Waals surface area (Å²) in [6.45, 7) is 3.51. The third kappa shape index (κ3) is 3.21. The molecular weight excluding hydrogens is 134 g/mol. The number of rotatable bonds is 5. The summed E-state index contributed by atoms with van der Waals surface area (Å²) in [7, 11) is 0. The maximum absolute atomic E-state index is 10.2. The van der Waals surface area contributed by atoms with Crippen molar-refractivity contribution in [3.8, 4) is 0 Å². The largest absolute Gasteiger partial charge is 0.480 e. The molecule has 0 radical (unpaired) electrons. The van der Waals surface area contributed by atoms with Crippen molar-refractivity contribution in [2.24, 2.45) is 0 Å². The van der Waals surface area contributed by atoms with E-state index in [2.05, 4.69) is 11.9 Å². The Kier molecular flexibility index (Phi) is 4.53. The highest BCUT2D eigenvalue weighted by Crippen LogP contribution is 1.82. The standard InChI is InChI=1S/C6H11NO3/c1-2-5(6(9)10)7-3-4-8/h2,5,7-8H,1,3-4H2,(H,9,10). The summed E-state index contributed by atoms with van der Waals surface area (Å²) < 4.78 is 0. The summed E-state index contributed by atoms with van der Waals surface area (Å²) >= 11 is 0. The number of hydrogen-bond acceptors (Lipinski definition) is 3. The topological polar surface area (TPSA) is 69.6 Å². The van der Waals surface area contributed by atoms with Gasteiger partial charge in [0.15, 0.2) is 0 Å². The molecule has 0 aromatic carbocycles. The first kappa shape index (κ1) is 9.13. The predicted octanol–water partition coefficient (Wildman–Crippen LogP) is -0.793. The van der Waals surface area contributed by atoms with E-state index in [0.29, 0.717) is 0 Å². The molecule has 0 fully saturated rings. The number of nitrogens with one attached hydrogen (secondary N) is 1. The van der Waals surface area contributed by atoms with Gasteiger partial charge in [0.2, 0.25) is 0 Å². The van der Waals surface area contributed by atoms with Crippen molar-refractivity contribution in [1.29, 1.82) is 0 Å². The van der Waals surface area contributed by atoms with Crippen LogP contribution in [0.15, 0.2) is 12.7 Å². The van der Waals surface area contributed by atoms with E-state index in [4.69, 9.17) is 10.2 Å². The molecule has 0 aromatic rings. The molecule has 3 N–H and O–H groups in total. The lowest BCUT2D eigenvalue weighted by Crippen LogP contribution is -2.36. The maximum atomic E-state index is 10.2. The Morgan fingerprint density at radius 3 is 2.70 bits per heavy atom.